The lowest BCUT2D eigenvalue weighted by Gasteiger charge is -2.68. The van der Waals surface area contributed by atoms with E-state index in [4.69, 9.17) is 4.42 Å². The van der Waals surface area contributed by atoms with E-state index in [-0.39, 0.29) is 28.5 Å². The van der Waals surface area contributed by atoms with Crippen LogP contribution < -0.4 is 15.5 Å². The molecular formula is C39H44FN3O4. The number of nitrogens with zero attached hydrogens (tertiary/aromatic N) is 1. The van der Waals surface area contributed by atoms with E-state index in [1.165, 1.54) is 12.1 Å². The Morgan fingerprint density at radius 2 is 1.55 bits per heavy atom. The summed E-state index contributed by atoms with van der Waals surface area (Å²) in [5, 5.41) is 18.4. The second-order valence-electron chi connectivity index (χ2n) is 15.2. The second-order valence-corrected chi connectivity index (χ2v) is 15.2. The molecule has 4 aromatic rings. The Hall–Kier alpha value is -4.17. The zero-order valence-corrected chi connectivity index (χ0v) is 27.9. The standard InChI is InChI=1S/C39H44FN3O4/c1-6-43(7-2)30-17-31-29(32(35(45)41-5)33(47-31)24-11-13-27(40)14-12-24)16-28(30)25-9-8-10-26(15-25)34(44)42-38-19-36(3)18-37(4,20-38)22-39(46,21-36)23-38/h8-17,46H,6-7,18-23H2,1-5H3,(H,41,45)(H,42,44). The summed E-state index contributed by atoms with van der Waals surface area (Å²) in [6, 6.07) is 17.5. The Kier molecular flexibility index (Phi) is 7.32. The van der Waals surface area contributed by atoms with E-state index in [0.717, 1.165) is 62.0 Å². The van der Waals surface area contributed by atoms with Crippen LogP contribution in [-0.4, -0.2) is 48.2 Å². The number of hydrogen-bond donors (Lipinski definition) is 3. The number of nitrogens with one attached hydrogen (secondary N) is 2. The molecule has 246 valence electrons. The normalized spacial score (nSPS) is 27.6. The van der Waals surface area contributed by atoms with Gasteiger partial charge in [0.25, 0.3) is 11.8 Å². The summed E-state index contributed by atoms with van der Waals surface area (Å²) < 4.78 is 20.1. The van der Waals surface area contributed by atoms with E-state index in [0.29, 0.717) is 39.8 Å². The number of anilines is 1. The van der Waals surface area contributed by atoms with Gasteiger partial charge in [-0.05, 0) is 111 Å². The van der Waals surface area contributed by atoms with Crippen molar-refractivity contribution in [2.24, 2.45) is 10.8 Å². The molecule has 4 bridgehead atoms. The van der Waals surface area contributed by atoms with E-state index in [1.54, 1.807) is 19.2 Å². The molecule has 4 aliphatic carbocycles. The van der Waals surface area contributed by atoms with Crippen molar-refractivity contribution in [3.05, 3.63) is 77.6 Å². The van der Waals surface area contributed by atoms with Gasteiger partial charge in [-0.3, -0.25) is 9.59 Å². The zero-order chi connectivity index (χ0) is 33.4. The Morgan fingerprint density at radius 3 is 2.17 bits per heavy atom. The van der Waals surface area contributed by atoms with Crippen LogP contribution in [0, 0.1) is 16.6 Å². The molecule has 2 unspecified atom stereocenters. The molecule has 3 aromatic carbocycles. The summed E-state index contributed by atoms with van der Waals surface area (Å²) in [6.07, 6.45) is 5.04. The summed E-state index contributed by atoms with van der Waals surface area (Å²) in [5.74, 6) is -0.445. The van der Waals surface area contributed by atoms with Gasteiger partial charge in [0, 0.05) is 59.5 Å². The van der Waals surface area contributed by atoms with Crippen LogP contribution in [0.1, 0.15) is 86.9 Å². The first kappa shape index (κ1) is 31.4. The predicted molar refractivity (Wildman–Crippen MR) is 183 cm³/mol. The topological polar surface area (TPSA) is 94.8 Å². The maximum absolute atomic E-state index is 14.0. The van der Waals surface area contributed by atoms with Gasteiger partial charge in [0.15, 0.2) is 0 Å². The number of halogens is 1. The fourth-order valence-electron chi connectivity index (χ4n) is 10.3. The number of fused-ring (bicyclic) bond motifs is 1. The van der Waals surface area contributed by atoms with Gasteiger partial charge in [-0.15, -0.1) is 0 Å². The predicted octanol–water partition coefficient (Wildman–Crippen LogP) is 7.71. The van der Waals surface area contributed by atoms with Crippen molar-refractivity contribution in [3.8, 4) is 22.5 Å². The highest BCUT2D eigenvalue weighted by Gasteiger charge is 2.65. The molecule has 4 aliphatic rings. The lowest BCUT2D eigenvalue weighted by atomic mass is 9.41. The molecule has 7 nitrogen and oxygen atoms in total. The van der Waals surface area contributed by atoms with Gasteiger partial charge in [0.2, 0.25) is 0 Å². The van der Waals surface area contributed by atoms with Crippen LogP contribution in [0.3, 0.4) is 0 Å². The molecule has 1 heterocycles. The third-order valence-electron chi connectivity index (χ3n) is 10.8. The second kappa shape index (κ2) is 10.9. The van der Waals surface area contributed by atoms with Gasteiger partial charge in [-0.25, -0.2) is 4.39 Å². The quantitative estimate of drug-likeness (QED) is 0.184. The first-order valence-corrected chi connectivity index (χ1v) is 16.8. The van der Waals surface area contributed by atoms with E-state index >= 15 is 0 Å². The summed E-state index contributed by atoms with van der Waals surface area (Å²) >= 11 is 0. The largest absolute Gasteiger partial charge is 0.455 e. The fourth-order valence-corrected chi connectivity index (χ4v) is 10.3. The molecule has 1 aromatic heterocycles. The summed E-state index contributed by atoms with van der Waals surface area (Å²) in [7, 11) is 1.58. The molecule has 8 rings (SSSR count). The Labute approximate surface area is 275 Å². The van der Waals surface area contributed by atoms with Gasteiger partial charge in [0.1, 0.15) is 17.2 Å². The van der Waals surface area contributed by atoms with Crippen molar-refractivity contribution >= 4 is 28.5 Å². The van der Waals surface area contributed by atoms with Crippen molar-refractivity contribution in [1.82, 2.24) is 10.6 Å². The Morgan fingerprint density at radius 1 is 0.872 bits per heavy atom. The van der Waals surface area contributed by atoms with Crippen LogP contribution in [0.15, 0.2) is 65.1 Å². The van der Waals surface area contributed by atoms with Crippen LogP contribution in [0.5, 0.6) is 0 Å². The van der Waals surface area contributed by atoms with Crippen LogP contribution in [-0.2, 0) is 0 Å². The average molecular weight is 638 g/mol. The van der Waals surface area contributed by atoms with E-state index in [9.17, 15) is 19.1 Å². The van der Waals surface area contributed by atoms with Crippen LogP contribution in [0.4, 0.5) is 10.1 Å². The van der Waals surface area contributed by atoms with E-state index in [1.807, 2.05) is 36.4 Å². The number of furan rings is 1. The zero-order valence-electron chi connectivity index (χ0n) is 27.9. The van der Waals surface area contributed by atoms with Crippen molar-refractivity contribution in [2.75, 3.05) is 25.0 Å². The highest BCUT2D eigenvalue weighted by Crippen LogP contribution is 2.67. The fraction of sp³-hybridized carbons (Fsp3) is 0.436. The summed E-state index contributed by atoms with van der Waals surface area (Å²) in [5.41, 5.74) is 3.58. The summed E-state index contributed by atoms with van der Waals surface area (Å²) in [4.78, 5) is 29.6. The Balaban J connectivity index is 1.31. The number of rotatable bonds is 8. The van der Waals surface area contributed by atoms with Gasteiger partial charge >= 0.3 is 0 Å². The minimum Gasteiger partial charge on any atom is -0.455 e. The number of benzene rings is 3. The number of hydrogen-bond acceptors (Lipinski definition) is 5. The van der Waals surface area contributed by atoms with Crippen LogP contribution in [0.25, 0.3) is 33.4 Å². The molecule has 3 N–H and O–H groups in total. The van der Waals surface area contributed by atoms with Gasteiger partial charge in [-0.2, -0.15) is 0 Å². The molecule has 2 atom stereocenters. The highest BCUT2D eigenvalue weighted by atomic mass is 19.1. The third-order valence-corrected chi connectivity index (χ3v) is 10.8. The molecule has 4 saturated carbocycles. The van der Waals surface area contributed by atoms with Crippen molar-refractivity contribution in [2.45, 2.75) is 77.4 Å². The lowest BCUT2D eigenvalue weighted by Crippen LogP contribution is -2.70. The van der Waals surface area contributed by atoms with E-state index < -0.39 is 11.1 Å². The monoisotopic (exact) mass is 637 g/mol. The first-order chi connectivity index (χ1) is 22.3. The number of carbonyl (C=O) groups excluding carboxylic acids is 2. The highest BCUT2D eigenvalue weighted by molar-refractivity contribution is 6.13. The number of aliphatic hydroxyl groups is 1. The van der Waals surface area contributed by atoms with Crippen molar-refractivity contribution in [1.29, 1.82) is 0 Å². The molecule has 0 saturated heterocycles. The van der Waals surface area contributed by atoms with E-state index in [2.05, 4.69) is 43.2 Å². The Bertz CT molecular complexity index is 1840. The minimum absolute atomic E-state index is 0.0152. The number of carbonyl (C=O) groups is 2. The number of amides is 2. The molecule has 8 heteroatoms. The first-order valence-electron chi connectivity index (χ1n) is 16.8. The minimum atomic E-state index is -0.735. The molecular weight excluding hydrogens is 593 g/mol. The smallest absolute Gasteiger partial charge is 0.255 e. The third kappa shape index (κ3) is 5.40. The summed E-state index contributed by atoms with van der Waals surface area (Å²) in [6.45, 7) is 10.2. The molecule has 4 fully saturated rings. The molecule has 0 spiro atoms. The lowest BCUT2D eigenvalue weighted by molar-refractivity contribution is -0.202. The van der Waals surface area contributed by atoms with Gasteiger partial charge < -0.3 is 25.1 Å². The van der Waals surface area contributed by atoms with Crippen LogP contribution in [0.2, 0.25) is 0 Å². The van der Waals surface area contributed by atoms with Gasteiger partial charge in [0.05, 0.1) is 11.2 Å². The van der Waals surface area contributed by atoms with Crippen molar-refractivity contribution in [3.63, 3.8) is 0 Å². The maximum Gasteiger partial charge on any atom is 0.255 e. The van der Waals surface area contributed by atoms with Crippen LogP contribution >= 0.6 is 0 Å². The molecule has 0 aliphatic heterocycles. The van der Waals surface area contributed by atoms with Crippen molar-refractivity contribution < 1.29 is 23.5 Å². The molecule has 47 heavy (non-hydrogen) atoms. The van der Waals surface area contributed by atoms with Gasteiger partial charge in [-0.1, -0.05) is 26.0 Å². The molecule has 2 amide bonds. The maximum atomic E-state index is 14.0. The SMILES string of the molecule is CCN(CC)c1cc2oc(-c3ccc(F)cc3)c(C(=O)NC)c2cc1-c1cccc(C(=O)NC23CC4(C)CC(C)(CC(O)(C4)C2)C3)c1. The average Bonchev–Trinajstić information content (AvgIpc) is 3.37. The molecule has 0 radical (unpaired) electrons.